The lowest BCUT2D eigenvalue weighted by atomic mass is 10.1. The van der Waals surface area contributed by atoms with Crippen LogP contribution in [-0.4, -0.2) is 27.9 Å². The number of pyridine rings is 1. The van der Waals surface area contributed by atoms with Gasteiger partial charge in [-0.1, -0.05) is 0 Å². The van der Waals surface area contributed by atoms with Gasteiger partial charge in [-0.3, -0.25) is 14.7 Å². The van der Waals surface area contributed by atoms with Gasteiger partial charge in [0.15, 0.2) is 0 Å². The van der Waals surface area contributed by atoms with E-state index in [0.29, 0.717) is 0 Å². The summed E-state index contributed by atoms with van der Waals surface area (Å²) in [6.07, 6.45) is -1.66. The van der Waals surface area contributed by atoms with E-state index in [0.717, 1.165) is 23.8 Å². The SMILES string of the molecule is O=C1NC(C2CC2)C(=O)N1Cc1ncccc1C(F)(F)F. The maximum Gasteiger partial charge on any atom is 0.418 e. The third-order valence-corrected chi connectivity index (χ3v) is 3.65. The number of rotatable bonds is 3. The minimum Gasteiger partial charge on any atom is -0.326 e. The Morgan fingerprint density at radius 2 is 2.05 bits per heavy atom. The van der Waals surface area contributed by atoms with Gasteiger partial charge in [0, 0.05) is 6.20 Å². The van der Waals surface area contributed by atoms with Crippen LogP contribution in [0.3, 0.4) is 0 Å². The number of amides is 3. The summed E-state index contributed by atoms with van der Waals surface area (Å²) in [5, 5.41) is 2.52. The zero-order valence-corrected chi connectivity index (χ0v) is 10.9. The van der Waals surface area contributed by atoms with E-state index in [1.54, 1.807) is 0 Å². The zero-order valence-electron chi connectivity index (χ0n) is 10.9. The molecule has 1 aromatic heterocycles. The van der Waals surface area contributed by atoms with Crippen LogP contribution in [0.1, 0.15) is 24.1 Å². The van der Waals surface area contributed by atoms with E-state index in [1.807, 2.05) is 0 Å². The Bertz CT molecular complexity index is 599. The minimum atomic E-state index is -4.57. The summed E-state index contributed by atoms with van der Waals surface area (Å²) in [4.78, 5) is 28.3. The Labute approximate surface area is 118 Å². The Kier molecular flexibility index (Phi) is 3.11. The van der Waals surface area contributed by atoms with E-state index in [1.165, 1.54) is 12.3 Å². The quantitative estimate of drug-likeness (QED) is 0.868. The fourth-order valence-electron chi connectivity index (χ4n) is 2.41. The number of halogens is 3. The zero-order chi connectivity index (χ0) is 15.2. The first-order valence-corrected chi connectivity index (χ1v) is 6.51. The molecule has 1 aliphatic carbocycles. The van der Waals surface area contributed by atoms with Gasteiger partial charge in [0.05, 0.1) is 17.8 Å². The molecule has 0 spiro atoms. The average molecular weight is 299 g/mol. The van der Waals surface area contributed by atoms with Crippen LogP contribution in [0.2, 0.25) is 0 Å². The molecule has 1 N–H and O–H groups in total. The van der Waals surface area contributed by atoms with Gasteiger partial charge in [-0.15, -0.1) is 0 Å². The van der Waals surface area contributed by atoms with Crippen molar-refractivity contribution >= 4 is 11.9 Å². The highest BCUT2D eigenvalue weighted by Gasteiger charge is 2.47. The van der Waals surface area contributed by atoms with Crippen LogP contribution < -0.4 is 5.32 Å². The van der Waals surface area contributed by atoms with Crippen molar-refractivity contribution in [3.05, 3.63) is 29.6 Å². The van der Waals surface area contributed by atoms with Gasteiger partial charge in [0.1, 0.15) is 6.04 Å². The number of carbonyl (C=O) groups excluding carboxylic acids is 2. The summed E-state index contributed by atoms with van der Waals surface area (Å²) in [7, 11) is 0. The molecule has 112 valence electrons. The number of hydrogen-bond acceptors (Lipinski definition) is 3. The van der Waals surface area contributed by atoms with Gasteiger partial charge in [-0.2, -0.15) is 13.2 Å². The monoisotopic (exact) mass is 299 g/mol. The summed E-state index contributed by atoms with van der Waals surface area (Å²) in [5.41, 5.74) is -1.26. The summed E-state index contributed by atoms with van der Waals surface area (Å²) in [5.74, 6) is -0.362. The van der Waals surface area contributed by atoms with Crippen molar-refractivity contribution in [1.29, 1.82) is 0 Å². The van der Waals surface area contributed by atoms with E-state index in [4.69, 9.17) is 0 Å². The summed E-state index contributed by atoms with van der Waals surface area (Å²) in [6.45, 7) is -0.469. The van der Waals surface area contributed by atoms with Crippen LogP contribution in [0, 0.1) is 5.92 Å². The highest BCUT2D eigenvalue weighted by Crippen LogP contribution is 2.36. The molecule has 2 fully saturated rings. The highest BCUT2D eigenvalue weighted by atomic mass is 19.4. The number of imide groups is 1. The average Bonchev–Trinajstić information content (AvgIpc) is 3.21. The van der Waals surface area contributed by atoms with Crippen LogP contribution in [0.25, 0.3) is 0 Å². The van der Waals surface area contributed by atoms with Crippen LogP contribution in [0.4, 0.5) is 18.0 Å². The lowest BCUT2D eigenvalue weighted by Gasteiger charge is -2.16. The normalized spacial score (nSPS) is 22.6. The Balaban J connectivity index is 1.84. The molecular formula is C13H12F3N3O2. The molecule has 1 aromatic rings. The third-order valence-electron chi connectivity index (χ3n) is 3.65. The molecular weight excluding hydrogens is 287 g/mol. The smallest absolute Gasteiger partial charge is 0.326 e. The fraction of sp³-hybridized carbons (Fsp3) is 0.462. The number of alkyl halides is 3. The van der Waals surface area contributed by atoms with Gasteiger partial charge in [-0.25, -0.2) is 4.79 Å². The molecule has 1 unspecified atom stereocenters. The molecule has 5 nitrogen and oxygen atoms in total. The molecule has 8 heteroatoms. The largest absolute Gasteiger partial charge is 0.418 e. The lowest BCUT2D eigenvalue weighted by molar-refractivity contribution is -0.139. The van der Waals surface area contributed by atoms with Crippen molar-refractivity contribution in [2.45, 2.75) is 31.6 Å². The van der Waals surface area contributed by atoms with Crippen LogP contribution in [-0.2, 0) is 17.5 Å². The number of aromatic nitrogens is 1. The van der Waals surface area contributed by atoms with E-state index in [2.05, 4.69) is 10.3 Å². The van der Waals surface area contributed by atoms with Gasteiger partial charge in [-0.05, 0) is 30.9 Å². The molecule has 21 heavy (non-hydrogen) atoms. The second-order valence-electron chi connectivity index (χ2n) is 5.18. The second kappa shape index (κ2) is 4.71. The number of nitrogens with one attached hydrogen (secondary N) is 1. The Morgan fingerprint density at radius 1 is 1.33 bits per heavy atom. The second-order valence-corrected chi connectivity index (χ2v) is 5.18. The van der Waals surface area contributed by atoms with Crippen LogP contribution in [0.15, 0.2) is 18.3 Å². The highest BCUT2D eigenvalue weighted by molar-refractivity contribution is 6.04. The summed E-state index contributed by atoms with van der Waals surface area (Å²) >= 11 is 0. The van der Waals surface area contributed by atoms with Crippen molar-refractivity contribution in [1.82, 2.24) is 15.2 Å². The predicted molar refractivity (Wildman–Crippen MR) is 64.8 cm³/mol. The first-order valence-electron chi connectivity index (χ1n) is 6.51. The molecule has 1 aliphatic heterocycles. The molecule has 1 saturated heterocycles. The summed E-state index contributed by atoms with van der Waals surface area (Å²) < 4.78 is 38.7. The molecule has 0 radical (unpaired) electrons. The van der Waals surface area contributed by atoms with Gasteiger partial charge in [0.25, 0.3) is 5.91 Å². The van der Waals surface area contributed by atoms with E-state index in [9.17, 15) is 22.8 Å². The maximum atomic E-state index is 12.9. The predicted octanol–water partition coefficient (Wildman–Crippen LogP) is 1.93. The third kappa shape index (κ3) is 2.57. The minimum absolute atomic E-state index is 0.109. The van der Waals surface area contributed by atoms with Crippen molar-refractivity contribution in [3.8, 4) is 0 Å². The van der Waals surface area contributed by atoms with E-state index < -0.39 is 36.3 Å². The molecule has 2 heterocycles. The molecule has 3 amide bonds. The summed E-state index contributed by atoms with van der Waals surface area (Å²) in [6, 6.07) is 0.802. The van der Waals surface area contributed by atoms with Crippen molar-refractivity contribution in [3.63, 3.8) is 0 Å². The molecule has 0 aromatic carbocycles. The van der Waals surface area contributed by atoms with Crippen molar-refractivity contribution in [2.75, 3.05) is 0 Å². The first kappa shape index (κ1) is 13.8. The molecule has 1 atom stereocenters. The number of hydrogen-bond donors (Lipinski definition) is 1. The van der Waals surface area contributed by atoms with Crippen molar-refractivity contribution in [2.24, 2.45) is 5.92 Å². The standard InChI is InChI=1S/C13H12F3N3O2/c14-13(15,16)8-2-1-5-17-9(8)6-19-11(20)10(7-3-4-7)18-12(19)21/h1-2,5,7,10H,3-4,6H2,(H,18,21). The maximum absolute atomic E-state index is 12.9. The van der Waals surface area contributed by atoms with Gasteiger partial charge >= 0.3 is 12.2 Å². The van der Waals surface area contributed by atoms with Crippen LogP contribution >= 0.6 is 0 Å². The van der Waals surface area contributed by atoms with E-state index in [-0.39, 0.29) is 11.6 Å². The topological polar surface area (TPSA) is 62.3 Å². The Hall–Kier alpha value is -2.12. The van der Waals surface area contributed by atoms with E-state index >= 15 is 0 Å². The Morgan fingerprint density at radius 3 is 2.67 bits per heavy atom. The number of nitrogens with zero attached hydrogens (tertiary/aromatic N) is 2. The first-order chi connectivity index (χ1) is 9.88. The molecule has 3 rings (SSSR count). The van der Waals surface area contributed by atoms with Crippen molar-refractivity contribution < 1.29 is 22.8 Å². The molecule has 1 saturated carbocycles. The lowest BCUT2D eigenvalue weighted by Crippen LogP contribution is -2.33. The molecule has 2 aliphatic rings. The fourth-order valence-corrected chi connectivity index (χ4v) is 2.41. The van der Waals surface area contributed by atoms with Crippen LogP contribution in [0.5, 0.6) is 0 Å². The van der Waals surface area contributed by atoms with Gasteiger partial charge in [0.2, 0.25) is 0 Å². The number of urea groups is 1. The number of carbonyl (C=O) groups is 2. The molecule has 0 bridgehead atoms. The van der Waals surface area contributed by atoms with Gasteiger partial charge < -0.3 is 5.32 Å².